The highest BCUT2D eigenvalue weighted by Crippen LogP contribution is 2.31. The van der Waals surface area contributed by atoms with Crippen LogP contribution in [0.1, 0.15) is 21.8 Å². The van der Waals surface area contributed by atoms with E-state index in [0.29, 0.717) is 13.1 Å². The van der Waals surface area contributed by atoms with Gasteiger partial charge in [-0.05, 0) is 23.8 Å². The van der Waals surface area contributed by atoms with Crippen LogP contribution in [0.25, 0.3) is 0 Å². The number of rotatable bonds is 4. The Bertz CT molecular complexity index is 762. The number of benzene rings is 2. The summed E-state index contributed by atoms with van der Waals surface area (Å²) in [6.45, 7) is -2.28. The average molecular weight is 403 g/mol. The number of carbonyl (C=O) groups excluding carboxylic acids is 1. The molecule has 26 heavy (non-hydrogen) atoms. The van der Waals surface area contributed by atoms with Gasteiger partial charge in [0.25, 0.3) is 5.91 Å². The second kappa shape index (κ2) is 8.66. The number of nitrogens with zero attached hydrogens (tertiary/aromatic N) is 1. The molecule has 2 atom stereocenters. The number of alkyl halides is 2. The number of nitrogens with two attached hydrogens (primary N) is 1. The molecule has 8 heteroatoms. The molecule has 1 heterocycles. The molecule has 1 fully saturated rings. The highest BCUT2D eigenvalue weighted by atomic mass is 35.5. The Kier molecular flexibility index (Phi) is 6.81. The van der Waals surface area contributed by atoms with E-state index in [-0.39, 0.29) is 40.7 Å². The summed E-state index contributed by atoms with van der Waals surface area (Å²) in [7, 11) is 0. The zero-order valence-corrected chi connectivity index (χ0v) is 15.2. The molecule has 0 aromatic heterocycles. The lowest BCUT2D eigenvalue weighted by molar-refractivity contribution is -0.0502. The van der Waals surface area contributed by atoms with E-state index in [4.69, 9.17) is 17.3 Å². The van der Waals surface area contributed by atoms with E-state index >= 15 is 0 Å². The van der Waals surface area contributed by atoms with Crippen LogP contribution in [-0.4, -0.2) is 36.5 Å². The standard InChI is InChI=1S/C18H17ClF2N2O2.ClH/c19-12-6-7-16(25-18(20)21)13(8-12)17(24)23-9-14(15(22)10-23)11-4-2-1-3-5-11;/h1-8,14-15,18H,9-10,22H2;1H/t14-,15+;/m0./s1. The van der Waals surface area contributed by atoms with Crippen molar-refractivity contribution in [3.8, 4) is 5.75 Å². The minimum atomic E-state index is -3.02. The summed E-state index contributed by atoms with van der Waals surface area (Å²) in [5, 5.41) is 0.271. The maximum atomic E-state index is 12.8. The normalized spacial score (nSPS) is 19.3. The summed E-state index contributed by atoms with van der Waals surface area (Å²) in [5.41, 5.74) is 7.24. The molecule has 140 valence electrons. The fraction of sp³-hybridized carbons (Fsp3) is 0.278. The molecule has 1 saturated heterocycles. The predicted molar refractivity (Wildman–Crippen MR) is 98.4 cm³/mol. The van der Waals surface area contributed by atoms with Crippen molar-refractivity contribution < 1.29 is 18.3 Å². The molecule has 2 aromatic rings. The van der Waals surface area contributed by atoms with Gasteiger partial charge in [0.2, 0.25) is 0 Å². The molecule has 0 radical (unpaired) electrons. The molecule has 2 aromatic carbocycles. The fourth-order valence-corrected chi connectivity index (χ4v) is 3.26. The summed E-state index contributed by atoms with van der Waals surface area (Å²) in [6.07, 6.45) is 0. The predicted octanol–water partition coefficient (Wildman–Crippen LogP) is 3.93. The van der Waals surface area contributed by atoms with E-state index < -0.39 is 12.5 Å². The molecule has 1 amide bonds. The summed E-state index contributed by atoms with van der Waals surface area (Å²) < 4.78 is 29.6. The van der Waals surface area contributed by atoms with E-state index in [1.165, 1.54) is 18.2 Å². The summed E-state index contributed by atoms with van der Waals surface area (Å²) in [6, 6.07) is 13.4. The number of carbonyl (C=O) groups is 1. The van der Waals surface area contributed by atoms with Gasteiger partial charge in [-0.1, -0.05) is 41.9 Å². The Hall–Kier alpha value is -1.89. The first kappa shape index (κ1) is 20.4. The molecule has 0 saturated carbocycles. The Morgan fingerprint density at radius 3 is 2.54 bits per heavy atom. The zero-order valence-electron chi connectivity index (χ0n) is 13.6. The van der Waals surface area contributed by atoms with Crippen LogP contribution in [0.15, 0.2) is 48.5 Å². The lowest BCUT2D eigenvalue weighted by Gasteiger charge is -2.19. The van der Waals surface area contributed by atoms with Crippen molar-refractivity contribution in [2.24, 2.45) is 5.73 Å². The first-order valence-electron chi connectivity index (χ1n) is 7.80. The minimum Gasteiger partial charge on any atom is -0.434 e. The van der Waals surface area contributed by atoms with Crippen molar-refractivity contribution in [1.82, 2.24) is 4.90 Å². The largest absolute Gasteiger partial charge is 0.434 e. The van der Waals surface area contributed by atoms with Crippen molar-refractivity contribution in [2.75, 3.05) is 13.1 Å². The molecule has 4 nitrogen and oxygen atoms in total. The van der Waals surface area contributed by atoms with Gasteiger partial charge in [0, 0.05) is 30.1 Å². The number of hydrogen-bond acceptors (Lipinski definition) is 3. The van der Waals surface area contributed by atoms with Gasteiger partial charge >= 0.3 is 6.61 Å². The number of hydrogen-bond donors (Lipinski definition) is 1. The lowest BCUT2D eigenvalue weighted by Crippen LogP contribution is -2.32. The maximum absolute atomic E-state index is 12.8. The fourth-order valence-electron chi connectivity index (χ4n) is 3.09. The van der Waals surface area contributed by atoms with Gasteiger partial charge < -0.3 is 15.4 Å². The van der Waals surface area contributed by atoms with Gasteiger partial charge in [-0.2, -0.15) is 8.78 Å². The van der Waals surface area contributed by atoms with E-state index in [9.17, 15) is 13.6 Å². The monoisotopic (exact) mass is 402 g/mol. The molecular formula is C18H18Cl2F2N2O2. The SMILES string of the molecule is Cl.N[C@@H]1CN(C(=O)c2cc(Cl)ccc2OC(F)F)C[C@H]1c1ccccc1. The van der Waals surface area contributed by atoms with E-state index in [0.717, 1.165) is 5.56 Å². The highest BCUT2D eigenvalue weighted by Gasteiger charge is 2.35. The molecule has 3 rings (SSSR count). The Labute approximate surface area is 161 Å². The zero-order chi connectivity index (χ0) is 18.0. The number of likely N-dealkylation sites (tertiary alicyclic amines) is 1. The quantitative estimate of drug-likeness (QED) is 0.842. The molecule has 0 unspecified atom stereocenters. The van der Waals surface area contributed by atoms with Crippen LogP contribution in [0.4, 0.5) is 8.78 Å². The van der Waals surface area contributed by atoms with Crippen LogP contribution < -0.4 is 10.5 Å². The van der Waals surface area contributed by atoms with Crippen LogP contribution in [0.5, 0.6) is 5.75 Å². The first-order valence-corrected chi connectivity index (χ1v) is 8.17. The van der Waals surface area contributed by atoms with Gasteiger partial charge in [-0.25, -0.2) is 0 Å². The Morgan fingerprint density at radius 1 is 1.19 bits per heavy atom. The topological polar surface area (TPSA) is 55.6 Å². The molecule has 2 N–H and O–H groups in total. The molecule has 0 spiro atoms. The van der Waals surface area contributed by atoms with Crippen molar-refractivity contribution in [3.63, 3.8) is 0 Å². The van der Waals surface area contributed by atoms with E-state index in [2.05, 4.69) is 4.74 Å². The summed E-state index contributed by atoms with van der Waals surface area (Å²) >= 11 is 5.92. The number of amides is 1. The third kappa shape index (κ3) is 4.44. The van der Waals surface area contributed by atoms with Gasteiger partial charge in [-0.15, -0.1) is 12.4 Å². The second-order valence-corrected chi connectivity index (χ2v) is 6.35. The first-order chi connectivity index (χ1) is 12.0. The summed E-state index contributed by atoms with van der Waals surface area (Å²) in [4.78, 5) is 14.4. The molecular weight excluding hydrogens is 385 g/mol. The van der Waals surface area contributed by atoms with Crippen LogP contribution in [0.2, 0.25) is 5.02 Å². The minimum absolute atomic E-state index is 0. The van der Waals surface area contributed by atoms with Gasteiger partial charge in [0.15, 0.2) is 0 Å². The Balaban J connectivity index is 0.00000243. The number of halogens is 4. The van der Waals surface area contributed by atoms with Crippen LogP contribution in [0.3, 0.4) is 0 Å². The number of ether oxygens (including phenoxy) is 1. The maximum Gasteiger partial charge on any atom is 0.387 e. The van der Waals surface area contributed by atoms with Crippen LogP contribution in [0, 0.1) is 0 Å². The third-order valence-electron chi connectivity index (χ3n) is 4.27. The molecule has 1 aliphatic heterocycles. The Morgan fingerprint density at radius 2 is 1.88 bits per heavy atom. The molecule has 0 aliphatic carbocycles. The van der Waals surface area contributed by atoms with Crippen molar-refractivity contribution in [2.45, 2.75) is 18.6 Å². The smallest absolute Gasteiger partial charge is 0.387 e. The summed E-state index contributed by atoms with van der Waals surface area (Å²) in [5.74, 6) is -0.628. The van der Waals surface area contributed by atoms with Crippen molar-refractivity contribution >= 4 is 29.9 Å². The third-order valence-corrected chi connectivity index (χ3v) is 4.50. The van der Waals surface area contributed by atoms with E-state index in [1.807, 2.05) is 30.3 Å². The van der Waals surface area contributed by atoms with Gasteiger partial charge in [-0.3, -0.25) is 4.79 Å². The van der Waals surface area contributed by atoms with Crippen LogP contribution in [-0.2, 0) is 0 Å². The average Bonchev–Trinajstić information content (AvgIpc) is 2.98. The highest BCUT2D eigenvalue weighted by molar-refractivity contribution is 6.31. The second-order valence-electron chi connectivity index (χ2n) is 5.91. The lowest BCUT2D eigenvalue weighted by atomic mass is 9.95. The molecule has 0 bridgehead atoms. The van der Waals surface area contributed by atoms with Crippen LogP contribution >= 0.6 is 24.0 Å². The van der Waals surface area contributed by atoms with E-state index in [1.54, 1.807) is 4.90 Å². The van der Waals surface area contributed by atoms with Gasteiger partial charge in [0.1, 0.15) is 5.75 Å². The van der Waals surface area contributed by atoms with Gasteiger partial charge in [0.05, 0.1) is 5.56 Å². The molecule has 1 aliphatic rings. The van der Waals surface area contributed by atoms with Crippen molar-refractivity contribution in [1.29, 1.82) is 0 Å². The van der Waals surface area contributed by atoms with Crippen molar-refractivity contribution in [3.05, 3.63) is 64.7 Å².